The van der Waals surface area contributed by atoms with Gasteiger partial charge < -0.3 is 5.73 Å². The van der Waals surface area contributed by atoms with Crippen LogP contribution < -0.4 is 5.73 Å². The highest BCUT2D eigenvalue weighted by Crippen LogP contribution is 2.36. The van der Waals surface area contributed by atoms with Crippen molar-refractivity contribution < 1.29 is 0 Å². The Labute approximate surface area is 83.1 Å². The lowest BCUT2D eigenvalue weighted by molar-refractivity contribution is 0.296. The van der Waals surface area contributed by atoms with Crippen LogP contribution in [0, 0.1) is 17.8 Å². The van der Waals surface area contributed by atoms with Crippen molar-refractivity contribution >= 4 is 0 Å². The van der Waals surface area contributed by atoms with E-state index in [0.717, 1.165) is 24.3 Å². The summed E-state index contributed by atoms with van der Waals surface area (Å²) in [5.41, 5.74) is 5.78. The molecule has 0 aromatic rings. The average molecular weight is 183 g/mol. The van der Waals surface area contributed by atoms with Crippen LogP contribution in [-0.4, -0.2) is 6.54 Å². The molecule has 13 heavy (non-hydrogen) atoms. The molecule has 1 nitrogen and oxygen atoms in total. The highest BCUT2D eigenvalue weighted by atomic mass is 14.6. The molecule has 0 aromatic heterocycles. The summed E-state index contributed by atoms with van der Waals surface area (Å²) in [4.78, 5) is 0. The van der Waals surface area contributed by atoms with Crippen molar-refractivity contribution in [3.05, 3.63) is 0 Å². The first-order chi connectivity index (χ1) is 6.31. The Hall–Kier alpha value is -0.0400. The van der Waals surface area contributed by atoms with Gasteiger partial charge >= 0.3 is 0 Å². The van der Waals surface area contributed by atoms with Crippen molar-refractivity contribution in [3.63, 3.8) is 0 Å². The van der Waals surface area contributed by atoms with Gasteiger partial charge in [-0.1, -0.05) is 39.5 Å². The fourth-order valence-corrected chi connectivity index (χ4v) is 2.78. The number of hydrogen-bond acceptors (Lipinski definition) is 1. The Balaban J connectivity index is 2.33. The first-order valence-electron chi connectivity index (χ1n) is 6.01. The van der Waals surface area contributed by atoms with Crippen LogP contribution in [0.5, 0.6) is 0 Å². The third kappa shape index (κ3) is 2.98. The second-order valence-electron chi connectivity index (χ2n) is 4.60. The normalized spacial score (nSPS) is 28.6. The summed E-state index contributed by atoms with van der Waals surface area (Å²) in [6, 6.07) is 0. The lowest BCUT2D eigenvalue weighted by Gasteiger charge is -2.22. The van der Waals surface area contributed by atoms with E-state index in [0.29, 0.717) is 0 Å². The molecule has 78 valence electrons. The Morgan fingerprint density at radius 1 is 1.15 bits per heavy atom. The van der Waals surface area contributed by atoms with Crippen LogP contribution in [0.2, 0.25) is 0 Å². The molecule has 0 aromatic carbocycles. The first kappa shape index (κ1) is 11.0. The van der Waals surface area contributed by atoms with E-state index in [9.17, 15) is 0 Å². The number of hydrogen-bond donors (Lipinski definition) is 1. The molecule has 2 atom stereocenters. The lowest BCUT2D eigenvalue weighted by Crippen LogP contribution is -2.20. The summed E-state index contributed by atoms with van der Waals surface area (Å²) in [5.74, 6) is 2.76. The van der Waals surface area contributed by atoms with Gasteiger partial charge in [-0.25, -0.2) is 0 Å². The van der Waals surface area contributed by atoms with E-state index in [-0.39, 0.29) is 0 Å². The highest BCUT2D eigenvalue weighted by molar-refractivity contribution is 4.79. The SMILES string of the molecule is CCC(CC)CC1CCCC1CN. The fraction of sp³-hybridized carbons (Fsp3) is 1.00. The molecular weight excluding hydrogens is 158 g/mol. The molecule has 1 saturated carbocycles. The van der Waals surface area contributed by atoms with Crippen molar-refractivity contribution in [1.29, 1.82) is 0 Å². The summed E-state index contributed by atoms with van der Waals surface area (Å²) in [6.45, 7) is 5.56. The third-order valence-corrected chi connectivity index (χ3v) is 3.91. The monoisotopic (exact) mass is 183 g/mol. The zero-order valence-corrected chi connectivity index (χ0v) is 9.26. The maximum Gasteiger partial charge on any atom is -0.00462 e. The summed E-state index contributed by atoms with van der Waals surface area (Å²) in [7, 11) is 0. The second-order valence-corrected chi connectivity index (χ2v) is 4.60. The highest BCUT2D eigenvalue weighted by Gasteiger charge is 2.27. The molecular formula is C12H25N. The molecule has 0 spiro atoms. The predicted molar refractivity (Wildman–Crippen MR) is 58.6 cm³/mol. The third-order valence-electron chi connectivity index (χ3n) is 3.91. The quantitative estimate of drug-likeness (QED) is 0.696. The van der Waals surface area contributed by atoms with Crippen LogP contribution in [0.4, 0.5) is 0 Å². The van der Waals surface area contributed by atoms with Gasteiger partial charge in [-0.2, -0.15) is 0 Å². The number of rotatable bonds is 5. The Morgan fingerprint density at radius 2 is 1.77 bits per heavy atom. The van der Waals surface area contributed by atoms with E-state index >= 15 is 0 Å². The maximum atomic E-state index is 5.78. The fourth-order valence-electron chi connectivity index (χ4n) is 2.78. The van der Waals surface area contributed by atoms with E-state index < -0.39 is 0 Å². The smallest absolute Gasteiger partial charge is 0.00462 e. The van der Waals surface area contributed by atoms with Crippen molar-refractivity contribution in [2.24, 2.45) is 23.5 Å². The zero-order chi connectivity index (χ0) is 9.68. The van der Waals surface area contributed by atoms with Crippen molar-refractivity contribution in [2.75, 3.05) is 6.54 Å². The molecule has 2 N–H and O–H groups in total. The summed E-state index contributed by atoms with van der Waals surface area (Å²) >= 11 is 0. The van der Waals surface area contributed by atoms with Gasteiger partial charge in [0.2, 0.25) is 0 Å². The van der Waals surface area contributed by atoms with Crippen molar-refractivity contribution in [2.45, 2.75) is 52.4 Å². The van der Waals surface area contributed by atoms with Gasteiger partial charge in [-0.15, -0.1) is 0 Å². The Bertz CT molecular complexity index is 129. The minimum Gasteiger partial charge on any atom is -0.330 e. The van der Waals surface area contributed by atoms with Crippen LogP contribution >= 0.6 is 0 Å². The zero-order valence-electron chi connectivity index (χ0n) is 9.26. The van der Waals surface area contributed by atoms with Crippen molar-refractivity contribution in [3.8, 4) is 0 Å². The van der Waals surface area contributed by atoms with Gasteiger partial charge in [0.25, 0.3) is 0 Å². The van der Waals surface area contributed by atoms with Gasteiger partial charge in [-0.3, -0.25) is 0 Å². The Kier molecular flexibility index (Phi) is 4.79. The largest absolute Gasteiger partial charge is 0.330 e. The van der Waals surface area contributed by atoms with E-state index in [4.69, 9.17) is 5.73 Å². The van der Waals surface area contributed by atoms with Crippen molar-refractivity contribution in [1.82, 2.24) is 0 Å². The molecule has 0 radical (unpaired) electrons. The van der Waals surface area contributed by atoms with Gasteiger partial charge in [0, 0.05) is 0 Å². The average Bonchev–Trinajstić information content (AvgIpc) is 2.61. The minimum atomic E-state index is 0.848. The van der Waals surface area contributed by atoms with Gasteiger partial charge in [0.1, 0.15) is 0 Å². The predicted octanol–water partition coefficient (Wildman–Crippen LogP) is 3.19. The van der Waals surface area contributed by atoms with Gasteiger partial charge in [0.15, 0.2) is 0 Å². The van der Waals surface area contributed by atoms with E-state index in [2.05, 4.69) is 13.8 Å². The maximum absolute atomic E-state index is 5.78. The first-order valence-corrected chi connectivity index (χ1v) is 6.01. The molecule has 0 amide bonds. The van der Waals surface area contributed by atoms with Gasteiger partial charge in [0.05, 0.1) is 0 Å². The standard InChI is InChI=1S/C12H25N/c1-3-10(4-2)8-11-6-5-7-12(11)9-13/h10-12H,3-9,13H2,1-2H3. The molecule has 1 heteroatoms. The van der Waals surface area contributed by atoms with E-state index in [1.807, 2.05) is 0 Å². The molecule has 0 saturated heterocycles. The molecule has 0 aliphatic heterocycles. The minimum absolute atomic E-state index is 0.848. The van der Waals surface area contributed by atoms with Crippen LogP contribution in [-0.2, 0) is 0 Å². The molecule has 1 aliphatic carbocycles. The van der Waals surface area contributed by atoms with Crippen LogP contribution in [0.1, 0.15) is 52.4 Å². The summed E-state index contributed by atoms with van der Waals surface area (Å²) in [5, 5.41) is 0. The summed E-state index contributed by atoms with van der Waals surface area (Å²) < 4.78 is 0. The second kappa shape index (κ2) is 5.64. The molecule has 1 fully saturated rings. The Morgan fingerprint density at radius 3 is 2.31 bits per heavy atom. The molecule has 2 unspecified atom stereocenters. The summed E-state index contributed by atoms with van der Waals surface area (Å²) in [6.07, 6.45) is 8.40. The molecule has 0 bridgehead atoms. The van der Waals surface area contributed by atoms with Gasteiger partial charge in [-0.05, 0) is 37.1 Å². The van der Waals surface area contributed by atoms with E-state index in [1.165, 1.54) is 38.5 Å². The topological polar surface area (TPSA) is 26.0 Å². The van der Waals surface area contributed by atoms with Crippen LogP contribution in [0.25, 0.3) is 0 Å². The number of nitrogens with two attached hydrogens (primary N) is 1. The van der Waals surface area contributed by atoms with Crippen LogP contribution in [0.3, 0.4) is 0 Å². The lowest BCUT2D eigenvalue weighted by atomic mass is 9.84. The molecule has 1 rings (SSSR count). The van der Waals surface area contributed by atoms with E-state index in [1.54, 1.807) is 0 Å². The molecule has 0 heterocycles. The molecule has 1 aliphatic rings. The van der Waals surface area contributed by atoms with Crippen LogP contribution in [0.15, 0.2) is 0 Å².